The van der Waals surface area contributed by atoms with Crippen LogP contribution in [0.2, 0.25) is 0 Å². The van der Waals surface area contributed by atoms with Crippen LogP contribution in [0.25, 0.3) is 0 Å². The lowest BCUT2D eigenvalue weighted by atomic mass is 9.77. The van der Waals surface area contributed by atoms with Crippen molar-refractivity contribution in [2.45, 2.75) is 45.1 Å². The molecule has 2 heteroatoms. The fourth-order valence-corrected chi connectivity index (χ4v) is 3.30. The summed E-state index contributed by atoms with van der Waals surface area (Å²) in [7, 11) is 0. The first-order valence-corrected chi connectivity index (χ1v) is 7.12. The lowest BCUT2D eigenvalue weighted by Gasteiger charge is -2.33. The van der Waals surface area contributed by atoms with Gasteiger partial charge in [0.25, 0.3) is 0 Å². The van der Waals surface area contributed by atoms with E-state index in [2.05, 4.69) is 19.1 Å². The first kappa shape index (κ1) is 13.6. The van der Waals surface area contributed by atoms with Gasteiger partial charge in [0.15, 0.2) is 0 Å². The third-order valence-electron chi connectivity index (χ3n) is 4.71. The van der Waals surface area contributed by atoms with Crippen molar-refractivity contribution in [2.75, 3.05) is 6.54 Å². The van der Waals surface area contributed by atoms with E-state index in [1.54, 1.807) is 0 Å². The van der Waals surface area contributed by atoms with Gasteiger partial charge in [-0.25, -0.2) is 0 Å². The molecule has 1 aliphatic carbocycles. The van der Waals surface area contributed by atoms with Crippen LogP contribution >= 0.6 is 0 Å². The molecule has 3 unspecified atom stereocenters. The van der Waals surface area contributed by atoms with E-state index in [0.717, 1.165) is 25.2 Å². The average molecular weight is 247 g/mol. The molecule has 0 amide bonds. The molecule has 3 atom stereocenters. The Morgan fingerprint density at radius 3 is 2.67 bits per heavy atom. The molecule has 2 rings (SSSR count). The zero-order chi connectivity index (χ0) is 13.0. The molecule has 2 nitrogen and oxygen atoms in total. The minimum absolute atomic E-state index is 0.0451. The molecule has 18 heavy (non-hydrogen) atoms. The summed E-state index contributed by atoms with van der Waals surface area (Å²) in [5.41, 5.74) is 7.14. The number of nitrogens with two attached hydrogens (primary N) is 1. The standard InChI is InChI=1S/C16H25NO/c1-2-13-8-9-16(11-13,12-17)15(18)10-14-6-4-3-5-7-14/h3-7,13,15,18H,2,8-12,17H2,1H3. The number of aliphatic hydroxyl groups is 1. The van der Waals surface area contributed by atoms with Gasteiger partial charge in [0.05, 0.1) is 6.10 Å². The largest absolute Gasteiger partial charge is 0.392 e. The second-order valence-corrected chi connectivity index (χ2v) is 5.79. The number of hydrogen-bond donors (Lipinski definition) is 2. The van der Waals surface area contributed by atoms with E-state index in [4.69, 9.17) is 5.73 Å². The highest BCUT2D eigenvalue weighted by Gasteiger charge is 2.42. The van der Waals surface area contributed by atoms with Crippen LogP contribution in [-0.4, -0.2) is 17.8 Å². The summed E-state index contributed by atoms with van der Waals surface area (Å²) < 4.78 is 0. The van der Waals surface area contributed by atoms with Gasteiger partial charge in [0.1, 0.15) is 0 Å². The van der Waals surface area contributed by atoms with Crippen molar-refractivity contribution in [3.05, 3.63) is 35.9 Å². The van der Waals surface area contributed by atoms with Gasteiger partial charge in [0, 0.05) is 12.0 Å². The predicted octanol–water partition coefficient (Wildman–Crippen LogP) is 2.75. The van der Waals surface area contributed by atoms with Crippen molar-refractivity contribution >= 4 is 0 Å². The highest BCUT2D eigenvalue weighted by molar-refractivity contribution is 5.16. The maximum atomic E-state index is 10.6. The minimum Gasteiger partial charge on any atom is -0.392 e. The summed E-state index contributed by atoms with van der Waals surface area (Å²) in [6.07, 6.45) is 5.03. The maximum Gasteiger partial charge on any atom is 0.0648 e. The molecule has 0 heterocycles. The minimum atomic E-state index is -0.304. The van der Waals surface area contributed by atoms with Crippen LogP contribution in [0.4, 0.5) is 0 Å². The first-order chi connectivity index (χ1) is 8.70. The fraction of sp³-hybridized carbons (Fsp3) is 0.625. The first-order valence-electron chi connectivity index (χ1n) is 7.12. The Balaban J connectivity index is 2.04. The summed E-state index contributed by atoms with van der Waals surface area (Å²) in [6, 6.07) is 10.2. The number of hydrogen-bond acceptors (Lipinski definition) is 2. The van der Waals surface area contributed by atoms with Gasteiger partial charge in [-0.1, -0.05) is 43.7 Å². The normalized spacial score (nSPS) is 29.4. The van der Waals surface area contributed by atoms with E-state index < -0.39 is 0 Å². The van der Waals surface area contributed by atoms with E-state index in [0.29, 0.717) is 6.54 Å². The molecule has 0 saturated heterocycles. The zero-order valence-electron chi connectivity index (χ0n) is 11.3. The summed E-state index contributed by atoms with van der Waals surface area (Å²) in [6.45, 7) is 2.85. The average Bonchev–Trinajstić information content (AvgIpc) is 2.85. The molecule has 3 N–H and O–H groups in total. The van der Waals surface area contributed by atoms with Crippen molar-refractivity contribution in [1.82, 2.24) is 0 Å². The van der Waals surface area contributed by atoms with Crippen LogP contribution in [0, 0.1) is 11.3 Å². The summed E-state index contributed by atoms with van der Waals surface area (Å²) >= 11 is 0. The van der Waals surface area contributed by atoms with Crippen molar-refractivity contribution in [3.8, 4) is 0 Å². The SMILES string of the molecule is CCC1CCC(CN)(C(O)Cc2ccccc2)C1. The van der Waals surface area contributed by atoms with E-state index in [1.165, 1.54) is 18.4 Å². The molecule has 1 aliphatic rings. The Morgan fingerprint density at radius 2 is 2.11 bits per heavy atom. The second-order valence-electron chi connectivity index (χ2n) is 5.79. The van der Waals surface area contributed by atoms with Gasteiger partial charge in [0.2, 0.25) is 0 Å². The van der Waals surface area contributed by atoms with E-state index in [1.807, 2.05) is 18.2 Å². The highest BCUT2D eigenvalue weighted by atomic mass is 16.3. The van der Waals surface area contributed by atoms with Crippen LogP contribution in [-0.2, 0) is 6.42 Å². The molecular formula is C16H25NO. The molecule has 0 aromatic heterocycles. The van der Waals surface area contributed by atoms with E-state index >= 15 is 0 Å². The number of aliphatic hydroxyl groups excluding tert-OH is 1. The quantitative estimate of drug-likeness (QED) is 0.840. The lowest BCUT2D eigenvalue weighted by Crippen LogP contribution is -2.41. The topological polar surface area (TPSA) is 46.2 Å². The van der Waals surface area contributed by atoms with Crippen LogP contribution in [0.3, 0.4) is 0 Å². The predicted molar refractivity (Wildman–Crippen MR) is 75.3 cm³/mol. The monoisotopic (exact) mass is 247 g/mol. The smallest absolute Gasteiger partial charge is 0.0648 e. The molecule has 0 aliphatic heterocycles. The van der Waals surface area contributed by atoms with Crippen molar-refractivity contribution in [1.29, 1.82) is 0 Å². The van der Waals surface area contributed by atoms with Gasteiger partial charge in [-0.3, -0.25) is 0 Å². The summed E-state index contributed by atoms with van der Waals surface area (Å²) in [4.78, 5) is 0. The fourth-order valence-electron chi connectivity index (χ4n) is 3.30. The van der Waals surface area contributed by atoms with Crippen LogP contribution < -0.4 is 5.73 Å². The number of rotatable bonds is 5. The Hall–Kier alpha value is -0.860. The Kier molecular flexibility index (Phi) is 4.41. The summed E-state index contributed by atoms with van der Waals surface area (Å²) in [5, 5.41) is 10.6. The molecule has 0 spiro atoms. The second kappa shape index (κ2) is 5.85. The van der Waals surface area contributed by atoms with Crippen molar-refractivity contribution in [2.24, 2.45) is 17.1 Å². The van der Waals surface area contributed by atoms with Crippen LogP contribution in [0.1, 0.15) is 38.2 Å². The van der Waals surface area contributed by atoms with E-state index in [-0.39, 0.29) is 11.5 Å². The van der Waals surface area contributed by atoms with Gasteiger partial charge < -0.3 is 10.8 Å². The Labute approximate surface area is 110 Å². The van der Waals surface area contributed by atoms with Gasteiger partial charge >= 0.3 is 0 Å². The Morgan fingerprint density at radius 1 is 1.39 bits per heavy atom. The molecule has 0 radical (unpaired) electrons. The molecule has 1 saturated carbocycles. The van der Waals surface area contributed by atoms with E-state index in [9.17, 15) is 5.11 Å². The lowest BCUT2D eigenvalue weighted by molar-refractivity contribution is 0.0319. The highest BCUT2D eigenvalue weighted by Crippen LogP contribution is 2.45. The third kappa shape index (κ3) is 2.76. The van der Waals surface area contributed by atoms with Crippen LogP contribution in [0.15, 0.2) is 30.3 Å². The molecule has 100 valence electrons. The maximum absolute atomic E-state index is 10.6. The summed E-state index contributed by atoms with van der Waals surface area (Å²) in [5.74, 6) is 0.749. The molecule has 1 aromatic carbocycles. The van der Waals surface area contributed by atoms with Gasteiger partial charge in [-0.2, -0.15) is 0 Å². The number of benzene rings is 1. The molecule has 0 bridgehead atoms. The van der Waals surface area contributed by atoms with Gasteiger partial charge in [-0.15, -0.1) is 0 Å². The molecule has 1 fully saturated rings. The molecular weight excluding hydrogens is 222 g/mol. The van der Waals surface area contributed by atoms with Crippen molar-refractivity contribution < 1.29 is 5.11 Å². The van der Waals surface area contributed by atoms with Crippen LogP contribution in [0.5, 0.6) is 0 Å². The van der Waals surface area contributed by atoms with Crippen molar-refractivity contribution in [3.63, 3.8) is 0 Å². The zero-order valence-corrected chi connectivity index (χ0v) is 11.3. The third-order valence-corrected chi connectivity index (χ3v) is 4.71. The Bertz CT molecular complexity index is 365. The molecule has 1 aromatic rings. The van der Waals surface area contributed by atoms with Gasteiger partial charge in [-0.05, 0) is 37.2 Å².